The fourth-order valence-electron chi connectivity index (χ4n) is 5.15. The molecule has 4 heterocycles. The highest BCUT2D eigenvalue weighted by atomic mass is 32.1. The smallest absolute Gasteiger partial charge is 0.346 e. The zero-order chi connectivity index (χ0) is 22.1. The molecular formula is C24H29N4O3S. The van der Waals surface area contributed by atoms with Gasteiger partial charge in [0.1, 0.15) is 10.6 Å². The number of thiophene rings is 1. The van der Waals surface area contributed by atoms with Crippen molar-refractivity contribution >= 4 is 34.6 Å². The summed E-state index contributed by atoms with van der Waals surface area (Å²) in [6.45, 7) is 6.28. The third-order valence-corrected chi connectivity index (χ3v) is 7.76. The minimum absolute atomic E-state index is 0.107. The maximum absolute atomic E-state index is 12.9. The number of carbonyl (C=O) groups excluding carboxylic acids is 2. The number of ether oxygens (including phenoxy) is 1. The summed E-state index contributed by atoms with van der Waals surface area (Å²) in [5, 5.41) is 8.74. The van der Waals surface area contributed by atoms with Gasteiger partial charge in [-0.25, -0.2) is 4.79 Å². The monoisotopic (exact) mass is 453 g/mol. The Labute approximate surface area is 192 Å². The summed E-state index contributed by atoms with van der Waals surface area (Å²) >= 11 is 1.47. The van der Waals surface area contributed by atoms with Gasteiger partial charge in [-0.2, -0.15) is 5.32 Å². The summed E-state index contributed by atoms with van der Waals surface area (Å²) in [5.41, 5.74) is 2.86. The second kappa shape index (κ2) is 9.11. The van der Waals surface area contributed by atoms with Crippen molar-refractivity contribution in [1.82, 2.24) is 15.1 Å². The van der Waals surface area contributed by atoms with Gasteiger partial charge in [0.2, 0.25) is 0 Å². The van der Waals surface area contributed by atoms with E-state index in [4.69, 9.17) is 4.74 Å². The lowest BCUT2D eigenvalue weighted by Gasteiger charge is -2.42. The van der Waals surface area contributed by atoms with E-state index in [2.05, 4.69) is 27.7 Å². The minimum atomic E-state index is -0.273. The molecule has 1 aromatic heterocycles. The molecule has 1 N–H and O–H groups in total. The Hall–Kier alpha value is -2.58. The molecule has 1 aromatic carbocycles. The molecule has 2 saturated heterocycles. The third-order valence-electron chi connectivity index (χ3n) is 6.88. The van der Waals surface area contributed by atoms with Crippen molar-refractivity contribution in [2.24, 2.45) is 0 Å². The second-order valence-corrected chi connectivity index (χ2v) is 9.62. The number of piperidine rings is 2. The Kier molecular flexibility index (Phi) is 6.06. The van der Waals surface area contributed by atoms with E-state index in [1.54, 1.807) is 0 Å². The van der Waals surface area contributed by atoms with Gasteiger partial charge in [0.15, 0.2) is 0 Å². The predicted octanol–water partition coefficient (Wildman–Crippen LogP) is 4.41. The largest absolute Gasteiger partial charge is 0.492 e. The summed E-state index contributed by atoms with van der Waals surface area (Å²) in [7, 11) is 0. The number of anilines is 1. The number of urea groups is 1. The molecule has 0 atom stereocenters. The van der Waals surface area contributed by atoms with Gasteiger partial charge < -0.3 is 19.9 Å². The molecule has 0 saturated carbocycles. The predicted molar refractivity (Wildman–Crippen MR) is 125 cm³/mol. The molecule has 0 bridgehead atoms. The number of carbonyl (C=O) groups is 2. The molecule has 32 heavy (non-hydrogen) atoms. The Morgan fingerprint density at radius 2 is 1.94 bits per heavy atom. The van der Waals surface area contributed by atoms with Crippen molar-refractivity contribution in [3.8, 4) is 5.75 Å². The first-order valence-corrected chi connectivity index (χ1v) is 12.4. The highest BCUT2D eigenvalue weighted by Crippen LogP contribution is 2.36. The number of hydrogen-bond acceptors (Lipinski definition) is 5. The van der Waals surface area contributed by atoms with Crippen molar-refractivity contribution in [3.05, 3.63) is 40.1 Å². The van der Waals surface area contributed by atoms with Crippen molar-refractivity contribution < 1.29 is 14.3 Å². The Balaban J connectivity index is 1.13. The van der Waals surface area contributed by atoms with E-state index in [-0.39, 0.29) is 11.9 Å². The van der Waals surface area contributed by atoms with Gasteiger partial charge in [-0.15, -0.1) is 11.3 Å². The SMILES string of the molecule is CCOc1ccsc1C(=O)N1CCC(N2CCC(c3ccc4c(c3)[N]C(=O)N4)CC2)CC1. The molecule has 0 unspecified atom stereocenters. The molecule has 2 aromatic rings. The van der Waals surface area contributed by atoms with Gasteiger partial charge in [-0.05, 0) is 80.8 Å². The van der Waals surface area contributed by atoms with Crippen LogP contribution in [0.1, 0.15) is 53.8 Å². The first-order chi connectivity index (χ1) is 15.6. The van der Waals surface area contributed by atoms with Crippen LogP contribution in [0.15, 0.2) is 29.6 Å². The Bertz CT molecular complexity index is 991. The molecule has 3 aliphatic rings. The van der Waals surface area contributed by atoms with Gasteiger partial charge in [-0.1, -0.05) is 6.07 Å². The normalized spacial score (nSPS) is 20.0. The van der Waals surface area contributed by atoms with Crippen LogP contribution in [-0.4, -0.2) is 60.6 Å². The van der Waals surface area contributed by atoms with Crippen molar-refractivity contribution in [2.75, 3.05) is 38.1 Å². The second-order valence-electron chi connectivity index (χ2n) is 8.70. The number of benzene rings is 1. The fraction of sp³-hybridized carbons (Fsp3) is 0.500. The zero-order valence-corrected chi connectivity index (χ0v) is 19.2. The molecule has 2 fully saturated rings. The van der Waals surface area contributed by atoms with Crippen LogP contribution in [0, 0.1) is 0 Å². The number of nitrogens with one attached hydrogen (secondary N) is 1. The summed E-state index contributed by atoms with van der Waals surface area (Å²) in [6.07, 6.45) is 4.28. The molecule has 5 rings (SSSR count). The van der Waals surface area contributed by atoms with Crippen molar-refractivity contribution in [3.63, 3.8) is 0 Å². The van der Waals surface area contributed by atoms with E-state index in [1.165, 1.54) is 16.9 Å². The van der Waals surface area contributed by atoms with Crippen LogP contribution >= 0.6 is 11.3 Å². The number of nitrogens with zero attached hydrogens (tertiary/aromatic N) is 3. The summed E-state index contributed by atoms with van der Waals surface area (Å²) in [4.78, 5) is 29.7. The van der Waals surface area contributed by atoms with Crippen LogP contribution in [0.2, 0.25) is 0 Å². The lowest BCUT2D eigenvalue weighted by atomic mass is 9.87. The van der Waals surface area contributed by atoms with Gasteiger partial charge in [-0.3, -0.25) is 4.79 Å². The van der Waals surface area contributed by atoms with Crippen LogP contribution in [0.5, 0.6) is 5.75 Å². The first kappa shape index (κ1) is 21.3. The van der Waals surface area contributed by atoms with E-state index in [0.717, 1.165) is 68.1 Å². The molecule has 0 spiro atoms. The first-order valence-electron chi connectivity index (χ1n) is 11.5. The topological polar surface area (TPSA) is 76.0 Å². The van der Waals surface area contributed by atoms with Gasteiger partial charge in [0, 0.05) is 19.1 Å². The molecule has 0 aliphatic carbocycles. The van der Waals surface area contributed by atoms with Gasteiger partial charge in [0.25, 0.3) is 5.91 Å². The lowest BCUT2D eigenvalue weighted by molar-refractivity contribution is 0.0579. The van der Waals surface area contributed by atoms with Crippen molar-refractivity contribution in [1.29, 1.82) is 0 Å². The van der Waals surface area contributed by atoms with Crippen LogP contribution in [-0.2, 0) is 0 Å². The number of hydrogen-bond donors (Lipinski definition) is 1. The molecule has 1 radical (unpaired) electrons. The number of rotatable bonds is 5. The number of likely N-dealkylation sites (tertiary alicyclic amines) is 2. The van der Waals surface area contributed by atoms with Crippen LogP contribution in [0.25, 0.3) is 0 Å². The minimum Gasteiger partial charge on any atom is -0.492 e. The van der Waals surface area contributed by atoms with E-state index in [9.17, 15) is 9.59 Å². The maximum Gasteiger partial charge on any atom is 0.346 e. The summed E-state index contributed by atoms with van der Waals surface area (Å²) in [5.74, 6) is 1.33. The third kappa shape index (κ3) is 4.21. The summed E-state index contributed by atoms with van der Waals surface area (Å²) in [6, 6.07) is 8.34. The van der Waals surface area contributed by atoms with Gasteiger partial charge >= 0.3 is 6.03 Å². The molecule has 169 valence electrons. The lowest BCUT2D eigenvalue weighted by Crippen LogP contribution is -2.48. The highest BCUT2D eigenvalue weighted by molar-refractivity contribution is 7.12. The standard InChI is InChI=1S/C24H29N4O3S/c1-2-31-21-9-14-32-22(21)23(29)28-12-7-18(8-13-28)27-10-5-16(6-11-27)17-3-4-19-20(15-17)26-24(30)25-19/h3-4,9,14-16,18H,2,5-8,10-13H2,1H3,(H,25,30). The van der Waals surface area contributed by atoms with E-state index in [0.29, 0.717) is 24.3 Å². The van der Waals surface area contributed by atoms with E-state index < -0.39 is 0 Å². The van der Waals surface area contributed by atoms with E-state index in [1.807, 2.05) is 29.3 Å². The Morgan fingerprint density at radius 1 is 1.16 bits per heavy atom. The highest BCUT2D eigenvalue weighted by Gasteiger charge is 2.32. The number of fused-ring (bicyclic) bond motifs is 1. The van der Waals surface area contributed by atoms with Crippen LogP contribution < -0.4 is 15.4 Å². The molecule has 3 aliphatic heterocycles. The average molecular weight is 454 g/mol. The molecule has 8 heteroatoms. The fourth-order valence-corrected chi connectivity index (χ4v) is 5.95. The number of amides is 3. The zero-order valence-electron chi connectivity index (χ0n) is 18.4. The summed E-state index contributed by atoms with van der Waals surface area (Å²) < 4.78 is 5.61. The molecule has 7 nitrogen and oxygen atoms in total. The van der Waals surface area contributed by atoms with Crippen LogP contribution in [0.4, 0.5) is 16.2 Å². The Morgan fingerprint density at radius 3 is 2.69 bits per heavy atom. The van der Waals surface area contributed by atoms with Crippen molar-refractivity contribution in [2.45, 2.75) is 44.6 Å². The van der Waals surface area contributed by atoms with E-state index >= 15 is 0 Å². The molecular weight excluding hydrogens is 424 g/mol. The quantitative estimate of drug-likeness (QED) is 0.728. The van der Waals surface area contributed by atoms with Crippen LogP contribution in [0.3, 0.4) is 0 Å². The average Bonchev–Trinajstić information content (AvgIpc) is 3.44. The maximum atomic E-state index is 12.9. The molecule has 3 amide bonds. The van der Waals surface area contributed by atoms with Gasteiger partial charge in [0.05, 0.1) is 18.0 Å².